The third kappa shape index (κ3) is 4.17. The van der Waals surface area contributed by atoms with E-state index < -0.39 is 24.2 Å². The quantitative estimate of drug-likeness (QED) is 0.189. The van der Waals surface area contributed by atoms with Gasteiger partial charge in [-0.05, 0) is 72.8 Å². The minimum Gasteiger partial charge on any atom is -0.455 e. The van der Waals surface area contributed by atoms with Crippen molar-refractivity contribution in [2.75, 3.05) is 0 Å². The number of hydrogen-bond acceptors (Lipinski definition) is 1. The fourth-order valence-electron chi connectivity index (χ4n) is 6.46. The van der Waals surface area contributed by atoms with Crippen LogP contribution in [0.5, 0.6) is 0 Å². The maximum atomic E-state index is 9.48. The molecule has 8 aromatic carbocycles. The molecule has 0 saturated carbocycles. The van der Waals surface area contributed by atoms with Gasteiger partial charge in [-0.1, -0.05) is 151 Å². The molecular weight excluding hydrogens is 544 g/mol. The van der Waals surface area contributed by atoms with Crippen LogP contribution in [-0.2, 0) is 0 Å². The summed E-state index contributed by atoms with van der Waals surface area (Å²) >= 11 is 0. The molecule has 0 unspecified atom stereocenters. The van der Waals surface area contributed by atoms with Crippen LogP contribution in [0.1, 0.15) is 11.0 Å². The zero-order valence-electron chi connectivity index (χ0n) is 32.0. The lowest BCUT2D eigenvalue weighted by Crippen LogP contribution is -1.91. The molecule has 0 saturated heterocycles. The normalized spacial score (nSPS) is 14.0. The van der Waals surface area contributed by atoms with Gasteiger partial charge in [-0.2, -0.15) is 0 Å². The van der Waals surface area contributed by atoms with E-state index in [1.54, 1.807) is 24.3 Å². The van der Waals surface area contributed by atoms with Crippen molar-refractivity contribution in [2.24, 2.45) is 0 Å². The first-order chi connectivity index (χ1) is 25.7. The number of furan rings is 1. The van der Waals surface area contributed by atoms with Gasteiger partial charge in [-0.25, -0.2) is 0 Å². The Labute approximate surface area is 272 Å². The van der Waals surface area contributed by atoms with E-state index in [2.05, 4.69) is 0 Å². The van der Waals surface area contributed by atoms with E-state index in [0.717, 1.165) is 21.9 Å². The van der Waals surface area contributed by atoms with E-state index in [4.69, 9.17) is 9.90 Å². The van der Waals surface area contributed by atoms with Crippen molar-refractivity contribution in [3.05, 3.63) is 170 Å². The van der Waals surface area contributed by atoms with Gasteiger partial charge in [0.15, 0.2) is 0 Å². The van der Waals surface area contributed by atoms with Gasteiger partial charge in [0, 0.05) is 22.1 Å². The largest absolute Gasteiger partial charge is 0.455 e. The van der Waals surface area contributed by atoms with E-state index in [0.29, 0.717) is 39.0 Å². The van der Waals surface area contributed by atoms with Crippen molar-refractivity contribution in [3.8, 4) is 44.7 Å². The highest BCUT2D eigenvalue weighted by atomic mass is 16.3. The summed E-state index contributed by atoms with van der Waals surface area (Å²) in [5.41, 5.74) is 4.63. The predicted octanol–water partition coefficient (Wildman–Crippen LogP) is 12.6. The molecule has 0 N–H and O–H groups in total. The lowest BCUT2D eigenvalue weighted by Gasteiger charge is -2.18. The van der Waals surface area contributed by atoms with Gasteiger partial charge in [0.25, 0.3) is 0 Å². The standard InChI is InChI=1S/C44H28O/c1-3-13-29(14-4-1)33-25-26-40-39(28-33)43(44(45-40)34-24-23-30-15-7-8-18-32(30)27-34)42-37-21-11-9-19-35(37)41(31-16-5-2-6-17-31)36-20-10-12-22-38(36)42/h1-28H/i9D,10D,11D,12D,19D,20D,21D,22D. The Morgan fingerprint density at radius 1 is 0.378 bits per heavy atom. The van der Waals surface area contributed by atoms with E-state index in [-0.39, 0.29) is 51.3 Å². The molecule has 9 rings (SSSR count). The number of rotatable bonds is 4. The average molecular weight is 581 g/mol. The number of fused-ring (bicyclic) bond motifs is 4. The summed E-state index contributed by atoms with van der Waals surface area (Å²) in [4.78, 5) is 0. The zero-order valence-corrected chi connectivity index (χ0v) is 24.0. The molecule has 1 nitrogen and oxygen atoms in total. The van der Waals surface area contributed by atoms with Crippen LogP contribution in [0.25, 0.3) is 88.0 Å². The highest BCUT2D eigenvalue weighted by Crippen LogP contribution is 2.50. The molecule has 210 valence electrons. The monoisotopic (exact) mass is 580 g/mol. The summed E-state index contributed by atoms with van der Waals surface area (Å²) in [7, 11) is 0. The molecule has 0 spiro atoms. The molecule has 9 aromatic rings. The highest BCUT2D eigenvalue weighted by molar-refractivity contribution is 6.25. The molecule has 0 aliphatic carbocycles. The van der Waals surface area contributed by atoms with Crippen molar-refractivity contribution < 1.29 is 15.4 Å². The number of benzene rings is 8. The number of hydrogen-bond donors (Lipinski definition) is 0. The van der Waals surface area contributed by atoms with Gasteiger partial charge in [0.05, 0.1) is 11.0 Å². The first kappa shape index (κ1) is 18.7. The summed E-state index contributed by atoms with van der Waals surface area (Å²) in [6.07, 6.45) is 0. The molecule has 0 amide bonds. The third-order valence-corrected chi connectivity index (χ3v) is 8.49. The fraction of sp³-hybridized carbons (Fsp3) is 0. The van der Waals surface area contributed by atoms with E-state index in [9.17, 15) is 5.48 Å². The maximum Gasteiger partial charge on any atom is 0.143 e. The Morgan fingerprint density at radius 3 is 1.60 bits per heavy atom. The van der Waals surface area contributed by atoms with Gasteiger partial charge >= 0.3 is 0 Å². The first-order valence-corrected chi connectivity index (χ1v) is 14.8. The molecule has 1 heteroatoms. The molecule has 0 radical (unpaired) electrons. The molecule has 1 heterocycles. The molecular formula is C44H28O. The van der Waals surface area contributed by atoms with Crippen LogP contribution in [0.15, 0.2) is 174 Å². The summed E-state index contributed by atoms with van der Waals surface area (Å²) < 4.78 is 79.8. The van der Waals surface area contributed by atoms with Gasteiger partial charge in [-0.15, -0.1) is 0 Å². The third-order valence-electron chi connectivity index (χ3n) is 8.49. The Hall–Kier alpha value is -5.92. The second kappa shape index (κ2) is 10.4. The summed E-state index contributed by atoms with van der Waals surface area (Å²) in [5, 5.41) is 3.21. The second-order valence-corrected chi connectivity index (χ2v) is 11.1. The molecule has 1 aromatic heterocycles. The topological polar surface area (TPSA) is 13.1 Å². The Morgan fingerprint density at radius 2 is 0.933 bits per heavy atom. The lowest BCUT2D eigenvalue weighted by molar-refractivity contribution is 0.632. The van der Waals surface area contributed by atoms with Crippen LogP contribution >= 0.6 is 0 Å². The summed E-state index contributed by atoms with van der Waals surface area (Å²) in [5.74, 6) is 0.408. The van der Waals surface area contributed by atoms with Gasteiger partial charge in [-0.3, -0.25) is 0 Å². The van der Waals surface area contributed by atoms with Crippen molar-refractivity contribution in [1.29, 1.82) is 0 Å². The molecule has 0 bridgehead atoms. The van der Waals surface area contributed by atoms with Crippen LogP contribution in [-0.4, -0.2) is 0 Å². The van der Waals surface area contributed by atoms with Crippen molar-refractivity contribution in [2.45, 2.75) is 0 Å². The summed E-state index contributed by atoms with van der Waals surface area (Å²) in [6, 6.07) is 35.5. The van der Waals surface area contributed by atoms with Crippen molar-refractivity contribution >= 4 is 43.3 Å². The van der Waals surface area contributed by atoms with Gasteiger partial charge in [0.1, 0.15) is 11.3 Å². The van der Waals surface area contributed by atoms with Crippen molar-refractivity contribution in [3.63, 3.8) is 0 Å². The Kier molecular flexibility index (Phi) is 4.30. The zero-order chi connectivity index (χ0) is 36.7. The van der Waals surface area contributed by atoms with Crippen LogP contribution in [0.4, 0.5) is 0 Å². The van der Waals surface area contributed by atoms with Crippen LogP contribution in [0.3, 0.4) is 0 Å². The molecule has 45 heavy (non-hydrogen) atoms. The Bertz CT molecular complexity index is 2890. The smallest absolute Gasteiger partial charge is 0.143 e. The molecule has 0 atom stereocenters. The average Bonchev–Trinajstić information content (AvgIpc) is 3.58. The predicted molar refractivity (Wildman–Crippen MR) is 190 cm³/mol. The van der Waals surface area contributed by atoms with E-state index >= 15 is 0 Å². The SMILES string of the molecule is [2H]c1c([2H])c([2H])c2c(-c3c(-c4ccc5ccccc5c4)oc4ccc(-c5ccccc5)cc34)c3c([2H])c([2H])c([2H])c([2H])c3c(-c3ccccc3)c2c1[2H]. The lowest BCUT2D eigenvalue weighted by atomic mass is 9.84. The van der Waals surface area contributed by atoms with Crippen LogP contribution < -0.4 is 0 Å². The minimum atomic E-state index is -0.451. The highest BCUT2D eigenvalue weighted by Gasteiger charge is 2.24. The molecule has 0 aliphatic heterocycles. The van der Waals surface area contributed by atoms with E-state index in [1.165, 1.54) is 0 Å². The Balaban J connectivity index is 1.58. The molecule has 0 fully saturated rings. The van der Waals surface area contributed by atoms with Gasteiger partial charge in [0.2, 0.25) is 0 Å². The maximum absolute atomic E-state index is 9.48. The van der Waals surface area contributed by atoms with Crippen molar-refractivity contribution in [1.82, 2.24) is 0 Å². The van der Waals surface area contributed by atoms with E-state index in [1.807, 2.05) is 97.1 Å². The minimum absolute atomic E-state index is 0.141. The van der Waals surface area contributed by atoms with Gasteiger partial charge < -0.3 is 4.42 Å². The van der Waals surface area contributed by atoms with Crippen LogP contribution in [0, 0.1) is 0 Å². The first-order valence-electron chi connectivity index (χ1n) is 18.8. The fourth-order valence-corrected chi connectivity index (χ4v) is 6.46. The second-order valence-electron chi connectivity index (χ2n) is 11.1. The molecule has 0 aliphatic rings. The summed E-state index contributed by atoms with van der Waals surface area (Å²) in [6.45, 7) is 0. The van der Waals surface area contributed by atoms with Crippen LogP contribution in [0.2, 0.25) is 0 Å².